The fourth-order valence-corrected chi connectivity index (χ4v) is 3.15. The van der Waals surface area contributed by atoms with Crippen LogP contribution in [-0.2, 0) is 12.6 Å². The summed E-state index contributed by atoms with van der Waals surface area (Å²) in [6.07, 6.45) is -3.67. The Morgan fingerprint density at radius 3 is 2.48 bits per heavy atom. The molecule has 2 aromatic rings. The standard InChI is InChI=1S/C19H21F3N2O/c20-19(21,22)15-5-7-16(8-6-15)25-18-13-24(12-10-23)11-9-14-3-1-2-4-17(14)18/h1-8,18H,9-13,23H2. The number of ether oxygens (including phenoxy) is 1. The van der Waals surface area contributed by atoms with Crippen molar-refractivity contribution in [1.29, 1.82) is 0 Å². The Hall–Kier alpha value is -2.05. The van der Waals surface area contributed by atoms with Crippen LogP contribution in [0.15, 0.2) is 48.5 Å². The summed E-state index contributed by atoms with van der Waals surface area (Å²) < 4.78 is 44.2. The Morgan fingerprint density at radius 2 is 1.80 bits per heavy atom. The highest BCUT2D eigenvalue weighted by Gasteiger charge is 2.30. The third kappa shape index (κ3) is 4.32. The lowest BCUT2D eigenvalue weighted by Crippen LogP contribution is -2.34. The predicted octanol–water partition coefficient (Wildman–Crippen LogP) is 3.64. The third-order valence-corrected chi connectivity index (χ3v) is 4.43. The Balaban J connectivity index is 1.83. The van der Waals surface area contributed by atoms with Gasteiger partial charge in [0.05, 0.1) is 5.56 Å². The maximum absolute atomic E-state index is 12.7. The number of rotatable bonds is 4. The minimum Gasteiger partial charge on any atom is -0.484 e. The molecule has 134 valence electrons. The van der Waals surface area contributed by atoms with Gasteiger partial charge in [0, 0.05) is 26.2 Å². The van der Waals surface area contributed by atoms with Crippen molar-refractivity contribution in [2.45, 2.75) is 18.7 Å². The van der Waals surface area contributed by atoms with E-state index in [0.717, 1.165) is 37.2 Å². The molecule has 1 unspecified atom stereocenters. The summed E-state index contributed by atoms with van der Waals surface area (Å²) >= 11 is 0. The quantitative estimate of drug-likeness (QED) is 0.915. The molecule has 1 heterocycles. The topological polar surface area (TPSA) is 38.5 Å². The van der Waals surface area contributed by atoms with E-state index in [1.54, 1.807) is 0 Å². The first kappa shape index (κ1) is 17.8. The van der Waals surface area contributed by atoms with Crippen LogP contribution in [0.3, 0.4) is 0 Å². The van der Waals surface area contributed by atoms with Crippen LogP contribution in [0.1, 0.15) is 22.8 Å². The molecular weight excluding hydrogens is 329 g/mol. The highest BCUT2D eigenvalue weighted by atomic mass is 19.4. The monoisotopic (exact) mass is 350 g/mol. The SMILES string of the molecule is NCCN1CCc2ccccc2C(Oc2ccc(C(F)(F)F)cc2)C1. The van der Waals surface area contributed by atoms with E-state index in [1.807, 2.05) is 18.2 Å². The molecule has 6 heteroatoms. The number of alkyl halides is 3. The molecule has 0 spiro atoms. The third-order valence-electron chi connectivity index (χ3n) is 4.43. The summed E-state index contributed by atoms with van der Waals surface area (Å²) in [5, 5.41) is 0. The van der Waals surface area contributed by atoms with Gasteiger partial charge in [-0.3, -0.25) is 4.90 Å². The zero-order valence-electron chi connectivity index (χ0n) is 13.8. The summed E-state index contributed by atoms with van der Waals surface area (Å²) in [5.41, 5.74) is 7.30. The molecule has 0 saturated carbocycles. The number of hydrogen-bond acceptors (Lipinski definition) is 3. The second kappa shape index (κ2) is 7.45. The second-order valence-corrected chi connectivity index (χ2v) is 6.17. The van der Waals surface area contributed by atoms with Crippen LogP contribution >= 0.6 is 0 Å². The number of benzene rings is 2. The molecule has 2 N–H and O–H groups in total. The van der Waals surface area contributed by atoms with Gasteiger partial charge < -0.3 is 10.5 Å². The summed E-state index contributed by atoms with van der Waals surface area (Å²) in [7, 11) is 0. The van der Waals surface area contributed by atoms with E-state index in [2.05, 4.69) is 11.0 Å². The van der Waals surface area contributed by atoms with Crippen molar-refractivity contribution >= 4 is 0 Å². The van der Waals surface area contributed by atoms with Gasteiger partial charge in [-0.05, 0) is 41.8 Å². The predicted molar refractivity (Wildman–Crippen MR) is 90.5 cm³/mol. The molecular formula is C19H21F3N2O. The number of halogens is 3. The first-order valence-corrected chi connectivity index (χ1v) is 8.31. The zero-order chi connectivity index (χ0) is 17.9. The Morgan fingerprint density at radius 1 is 1.08 bits per heavy atom. The van der Waals surface area contributed by atoms with Gasteiger partial charge in [-0.2, -0.15) is 13.2 Å². The van der Waals surface area contributed by atoms with Gasteiger partial charge in [0.25, 0.3) is 0 Å². The summed E-state index contributed by atoms with van der Waals surface area (Å²) in [6, 6.07) is 12.9. The first-order valence-electron chi connectivity index (χ1n) is 8.31. The minimum atomic E-state index is -4.34. The van der Waals surface area contributed by atoms with Crippen LogP contribution in [0.4, 0.5) is 13.2 Å². The molecule has 0 bridgehead atoms. The van der Waals surface area contributed by atoms with Crippen molar-refractivity contribution in [1.82, 2.24) is 4.90 Å². The van der Waals surface area contributed by atoms with E-state index in [0.29, 0.717) is 18.8 Å². The largest absolute Gasteiger partial charge is 0.484 e. The lowest BCUT2D eigenvalue weighted by molar-refractivity contribution is -0.137. The highest BCUT2D eigenvalue weighted by Crippen LogP contribution is 2.32. The fraction of sp³-hybridized carbons (Fsp3) is 0.368. The summed E-state index contributed by atoms with van der Waals surface area (Å²) in [6.45, 7) is 2.88. The lowest BCUT2D eigenvalue weighted by atomic mass is 10.0. The number of nitrogens with zero attached hydrogens (tertiary/aromatic N) is 1. The fourth-order valence-electron chi connectivity index (χ4n) is 3.15. The van der Waals surface area contributed by atoms with E-state index in [9.17, 15) is 13.2 Å². The van der Waals surface area contributed by atoms with E-state index >= 15 is 0 Å². The van der Waals surface area contributed by atoms with E-state index in [-0.39, 0.29) is 6.10 Å². The molecule has 0 amide bonds. The van der Waals surface area contributed by atoms with Crippen LogP contribution in [0.5, 0.6) is 5.75 Å². The number of nitrogens with two attached hydrogens (primary N) is 1. The molecule has 0 aliphatic carbocycles. The van der Waals surface area contributed by atoms with Gasteiger partial charge >= 0.3 is 6.18 Å². The Kier molecular flexibility index (Phi) is 5.30. The maximum Gasteiger partial charge on any atom is 0.416 e. The van der Waals surface area contributed by atoms with Gasteiger partial charge in [0.2, 0.25) is 0 Å². The van der Waals surface area contributed by atoms with Gasteiger partial charge in [0.1, 0.15) is 11.9 Å². The van der Waals surface area contributed by atoms with E-state index < -0.39 is 11.7 Å². The van der Waals surface area contributed by atoms with Gasteiger partial charge in [0.15, 0.2) is 0 Å². The summed E-state index contributed by atoms with van der Waals surface area (Å²) in [5.74, 6) is 0.433. The van der Waals surface area contributed by atoms with Crippen molar-refractivity contribution in [3.63, 3.8) is 0 Å². The van der Waals surface area contributed by atoms with Gasteiger partial charge in [-0.15, -0.1) is 0 Å². The first-order chi connectivity index (χ1) is 12.0. The van der Waals surface area contributed by atoms with Crippen molar-refractivity contribution in [3.8, 4) is 5.75 Å². The van der Waals surface area contributed by atoms with Gasteiger partial charge in [-0.1, -0.05) is 24.3 Å². The average Bonchev–Trinajstić information content (AvgIpc) is 2.75. The molecule has 1 aliphatic rings. The molecule has 3 rings (SSSR count). The van der Waals surface area contributed by atoms with Crippen LogP contribution in [-0.4, -0.2) is 31.1 Å². The number of fused-ring (bicyclic) bond motifs is 1. The lowest BCUT2D eigenvalue weighted by Gasteiger charge is -2.25. The molecule has 3 nitrogen and oxygen atoms in total. The Labute approximate surface area is 145 Å². The zero-order valence-corrected chi connectivity index (χ0v) is 13.8. The van der Waals surface area contributed by atoms with Crippen LogP contribution in [0.2, 0.25) is 0 Å². The maximum atomic E-state index is 12.7. The van der Waals surface area contributed by atoms with E-state index in [1.165, 1.54) is 17.7 Å². The van der Waals surface area contributed by atoms with Crippen LogP contribution in [0.25, 0.3) is 0 Å². The molecule has 0 radical (unpaired) electrons. The van der Waals surface area contributed by atoms with Crippen molar-refractivity contribution in [3.05, 3.63) is 65.2 Å². The molecule has 0 aromatic heterocycles. The van der Waals surface area contributed by atoms with Crippen LogP contribution < -0.4 is 10.5 Å². The van der Waals surface area contributed by atoms with Crippen molar-refractivity contribution in [2.75, 3.05) is 26.2 Å². The molecule has 0 fully saturated rings. The molecule has 1 atom stereocenters. The van der Waals surface area contributed by atoms with Gasteiger partial charge in [-0.25, -0.2) is 0 Å². The Bertz CT molecular complexity index is 701. The van der Waals surface area contributed by atoms with Crippen molar-refractivity contribution in [2.24, 2.45) is 5.73 Å². The summed E-state index contributed by atoms with van der Waals surface area (Å²) in [4.78, 5) is 2.23. The smallest absolute Gasteiger partial charge is 0.416 e. The van der Waals surface area contributed by atoms with Crippen molar-refractivity contribution < 1.29 is 17.9 Å². The normalized spacial score (nSPS) is 18.5. The second-order valence-electron chi connectivity index (χ2n) is 6.17. The average molecular weight is 350 g/mol. The highest BCUT2D eigenvalue weighted by molar-refractivity contribution is 5.34. The number of hydrogen-bond donors (Lipinski definition) is 1. The molecule has 2 aromatic carbocycles. The molecule has 1 aliphatic heterocycles. The molecule has 25 heavy (non-hydrogen) atoms. The van der Waals surface area contributed by atoms with E-state index in [4.69, 9.17) is 10.5 Å². The minimum absolute atomic E-state index is 0.234. The van der Waals surface area contributed by atoms with Crippen LogP contribution in [0, 0.1) is 0 Å². The molecule has 0 saturated heterocycles.